The van der Waals surface area contributed by atoms with Gasteiger partial charge in [-0.15, -0.1) is 0 Å². The lowest BCUT2D eigenvalue weighted by molar-refractivity contribution is -0.117. The van der Waals surface area contributed by atoms with E-state index in [0.717, 1.165) is 11.1 Å². The van der Waals surface area contributed by atoms with Gasteiger partial charge in [-0.05, 0) is 39.0 Å². The monoisotopic (exact) mass is 374 g/mol. The molecule has 0 aliphatic heterocycles. The van der Waals surface area contributed by atoms with Crippen LogP contribution in [0.5, 0.6) is 5.75 Å². The van der Waals surface area contributed by atoms with Crippen LogP contribution in [0.15, 0.2) is 54.2 Å². The molecule has 2 aromatic carbocycles. The molecule has 0 bridgehead atoms. The molecule has 0 fully saturated rings. The maximum atomic E-state index is 12.5. The Morgan fingerprint density at radius 1 is 1.25 bits per heavy atom. The Morgan fingerprint density at radius 3 is 2.68 bits per heavy atom. The number of hydrogen-bond acceptors (Lipinski definition) is 5. The number of nitriles is 2. The Hall–Kier alpha value is -3.77. The molecule has 142 valence electrons. The summed E-state index contributed by atoms with van der Waals surface area (Å²) in [6.45, 7) is 6.21. The smallest absolute Gasteiger partial charge is 0.263 e. The molecule has 2 aromatic rings. The molecule has 0 aliphatic rings. The van der Waals surface area contributed by atoms with E-state index in [1.54, 1.807) is 24.3 Å². The van der Waals surface area contributed by atoms with Crippen molar-refractivity contribution in [3.05, 3.63) is 70.9 Å². The van der Waals surface area contributed by atoms with Gasteiger partial charge in [0.15, 0.2) is 0 Å². The third-order valence-corrected chi connectivity index (χ3v) is 4.06. The number of carbonyl (C=O) groups is 1. The SMILES string of the molecule is CCOc1ccc(C)cc1C(C)NC(=O)/C(C#N)=C\Nc1ccccc1C#N. The molecular formula is C22H22N4O2. The first-order chi connectivity index (χ1) is 13.5. The highest BCUT2D eigenvalue weighted by Gasteiger charge is 2.17. The van der Waals surface area contributed by atoms with Crippen LogP contribution in [-0.4, -0.2) is 12.5 Å². The van der Waals surface area contributed by atoms with Crippen molar-refractivity contribution in [3.8, 4) is 17.9 Å². The number of nitrogens with zero attached hydrogens (tertiary/aromatic N) is 2. The quantitative estimate of drug-likeness (QED) is 0.565. The number of anilines is 1. The van der Waals surface area contributed by atoms with Crippen LogP contribution in [0.4, 0.5) is 5.69 Å². The summed E-state index contributed by atoms with van der Waals surface area (Å²) in [5.41, 5.74) is 2.74. The zero-order valence-corrected chi connectivity index (χ0v) is 16.1. The molecule has 1 unspecified atom stereocenters. The number of hydrogen-bond donors (Lipinski definition) is 2. The fourth-order valence-corrected chi connectivity index (χ4v) is 2.65. The molecule has 1 atom stereocenters. The molecule has 0 aromatic heterocycles. The minimum Gasteiger partial charge on any atom is -0.494 e. The van der Waals surface area contributed by atoms with E-state index in [9.17, 15) is 10.1 Å². The molecule has 0 radical (unpaired) electrons. The molecule has 1 amide bonds. The third-order valence-electron chi connectivity index (χ3n) is 4.06. The van der Waals surface area contributed by atoms with Gasteiger partial charge in [0, 0.05) is 11.8 Å². The summed E-state index contributed by atoms with van der Waals surface area (Å²) in [5.74, 6) is 0.186. The van der Waals surface area contributed by atoms with Crippen LogP contribution < -0.4 is 15.4 Å². The van der Waals surface area contributed by atoms with E-state index >= 15 is 0 Å². The van der Waals surface area contributed by atoms with Gasteiger partial charge in [0.05, 0.1) is 23.9 Å². The van der Waals surface area contributed by atoms with Crippen LogP contribution in [0, 0.1) is 29.6 Å². The van der Waals surface area contributed by atoms with Crippen molar-refractivity contribution >= 4 is 11.6 Å². The number of amides is 1. The van der Waals surface area contributed by atoms with Crippen molar-refractivity contribution in [2.45, 2.75) is 26.8 Å². The lowest BCUT2D eigenvalue weighted by atomic mass is 10.0. The summed E-state index contributed by atoms with van der Waals surface area (Å²) in [4.78, 5) is 12.5. The van der Waals surface area contributed by atoms with E-state index in [1.807, 2.05) is 45.0 Å². The summed E-state index contributed by atoms with van der Waals surface area (Å²) in [5, 5.41) is 24.2. The Bertz CT molecular complexity index is 967. The number of ether oxygens (including phenoxy) is 1. The predicted molar refractivity (Wildman–Crippen MR) is 107 cm³/mol. The summed E-state index contributed by atoms with van der Waals surface area (Å²) in [7, 11) is 0. The molecule has 2 N–H and O–H groups in total. The molecule has 0 heterocycles. The molecule has 0 spiro atoms. The van der Waals surface area contributed by atoms with Gasteiger partial charge >= 0.3 is 0 Å². The first-order valence-electron chi connectivity index (χ1n) is 8.90. The lowest BCUT2D eigenvalue weighted by Crippen LogP contribution is -2.28. The summed E-state index contributed by atoms with van der Waals surface area (Å²) in [6.07, 6.45) is 1.30. The summed E-state index contributed by atoms with van der Waals surface area (Å²) >= 11 is 0. The van der Waals surface area contributed by atoms with Crippen molar-refractivity contribution in [1.82, 2.24) is 5.32 Å². The molecule has 6 heteroatoms. The molecular weight excluding hydrogens is 352 g/mol. The van der Waals surface area contributed by atoms with Crippen molar-refractivity contribution in [2.75, 3.05) is 11.9 Å². The molecule has 0 saturated carbocycles. The topological polar surface area (TPSA) is 97.9 Å². The van der Waals surface area contributed by atoms with Crippen LogP contribution in [-0.2, 0) is 4.79 Å². The van der Waals surface area contributed by atoms with Crippen molar-refractivity contribution in [2.24, 2.45) is 0 Å². The highest BCUT2D eigenvalue weighted by molar-refractivity contribution is 5.97. The number of para-hydroxylation sites is 1. The largest absolute Gasteiger partial charge is 0.494 e. The standard InChI is InChI=1S/C22H22N4O2/c1-4-28-21-10-9-15(2)11-19(21)16(3)26-22(27)18(13-24)14-25-20-8-6-5-7-17(20)12-23/h5-11,14,16,25H,4H2,1-3H3,(H,26,27)/b18-14-. The van der Waals surface area contributed by atoms with E-state index < -0.39 is 5.91 Å². The van der Waals surface area contributed by atoms with Crippen LogP contribution in [0.1, 0.15) is 36.6 Å². The second-order valence-corrected chi connectivity index (χ2v) is 6.14. The molecule has 2 rings (SSSR count). The van der Waals surface area contributed by atoms with Gasteiger partial charge in [-0.1, -0.05) is 29.8 Å². The van der Waals surface area contributed by atoms with E-state index in [-0.39, 0.29) is 11.6 Å². The van der Waals surface area contributed by atoms with Gasteiger partial charge in [0.1, 0.15) is 23.5 Å². The Balaban J connectivity index is 2.17. The van der Waals surface area contributed by atoms with E-state index in [4.69, 9.17) is 10.00 Å². The average molecular weight is 374 g/mol. The van der Waals surface area contributed by atoms with Crippen LogP contribution >= 0.6 is 0 Å². The van der Waals surface area contributed by atoms with Gasteiger partial charge in [-0.25, -0.2) is 0 Å². The first kappa shape index (κ1) is 20.5. The number of benzene rings is 2. The fraction of sp³-hybridized carbons (Fsp3) is 0.227. The van der Waals surface area contributed by atoms with Crippen LogP contribution in [0.25, 0.3) is 0 Å². The Labute approximate surface area is 165 Å². The zero-order chi connectivity index (χ0) is 20.5. The maximum Gasteiger partial charge on any atom is 0.263 e. The van der Waals surface area contributed by atoms with Gasteiger partial charge in [-0.3, -0.25) is 4.79 Å². The summed E-state index contributed by atoms with van der Waals surface area (Å²) < 4.78 is 5.64. The predicted octanol–water partition coefficient (Wildman–Crippen LogP) is 3.96. The Morgan fingerprint density at radius 2 is 2.00 bits per heavy atom. The molecule has 6 nitrogen and oxygen atoms in total. The second-order valence-electron chi connectivity index (χ2n) is 6.14. The fourth-order valence-electron chi connectivity index (χ4n) is 2.65. The number of carbonyl (C=O) groups excluding carboxylic acids is 1. The van der Waals surface area contributed by atoms with Crippen molar-refractivity contribution in [1.29, 1.82) is 10.5 Å². The van der Waals surface area contributed by atoms with Crippen LogP contribution in [0.2, 0.25) is 0 Å². The van der Waals surface area contributed by atoms with Crippen molar-refractivity contribution < 1.29 is 9.53 Å². The number of aryl methyl sites for hydroxylation is 1. The van der Waals surface area contributed by atoms with Gasteiger partial charge in [0.25, 0.3) is 5.91 Å². The third kappa shape index (κ3) is 5.12. The highest BCUT2D eigenvalue weighted by atomic mass is 16.5. The second kappa shape index (κ2) is 9.80. The van der Waals surface area contributed by atoms with E-state index in [1.165, 1.54) is 6.20 Å². The summed E-state index contributed by atoms with van der Waals surface area (Å²) in [6, 6.07) is 16.2. The molecule has 0 aliphatic carbocycles. The van der Waals surface area contributed by atoms with Gasteiger partial charge < -0.3 is 15.4 Å². The first-order valence-corrected chi connectivity index (χ1v) is 8.90. The Kier molecular flexibility index (Phi) is 7.19. The normalized spacial score (nSPS) is 11.7. The zero-order valence-electron chi connectivity index (χ0n) is 16.1. The van der Waals surface area contributed by atoms with E-state index in [2.05, 4.69) is 16.7 Å². The molecule has 28 heavy (non-hydrogen) atoms. The highest BCUT2D eigenvalue weighted by Crippen LogP contribution is 2.26. The van der Waals surface area contributed by atoms with Gasteiger partial charge in [0.2, 0.25) is 0 Å². The lowest BCUT2D eigenvalue weighted by Gasteiger charge is -2.18. The van der Waals surface area contributed by atoms with E-state index in [0.29, 0.717) is 23.6 Å². The minimum absolute atomic E-state index is 0.0924. The number of rotatable bonds is 7. The molecule has 0 saturated heterocycles. The maximum absolute atomic E-state index is 12.5. The minimum atomic E-state index is -0.513. The van der Waals surface area contributed by atoms with Gasteiger partial charge in [-0.2, -0.15) is 10.5 Å². The van der Waals surface area contributed by atoms with Crippen molar-refractivity contribution in [3.63, 3.8) is 0 Å². The average Bonchev–Trinajstić information content (AvgIpc) is 2.70. The van der Waals surface area contributed by atoms with Crippen LogP contribution in [0.3, 0.4) is 0 Å². The number of nitrogens with one attached hydrogen (secondary N) is 2.